The van der Waals surface area contributed by atoms with Crippen molar-refractivity contribution < 1.29 is 14.3 Å². The first-order valence-electron chi connectivity index (χ1n) is 10.0. The Balaban J connectivity index is 1.55. The summed E-state index contributed by atoms with van der Waals surface area (Å²) in [6, 6.07) is 5.86. The van der Waals surface area contributed by atoms with E-state index in [-0.39, 0.29) is 11.9 Å². The zero-order valence-electron chi connectivity index (χ0n) is 15.8. The van der Waals surface area contributed by atoms with Crippen LogP contribution in [0.2, 0.25) is 0 Å². The summed E-state index contributed by atoms with van der Waals surface area (Å²) in [6.07, 6.45) is 7.22. The van der Waals surface area contributed by atoms with Crippen LogP contribution in [0.5, 0.6) is 11.5 Å². The molecule has 1 aromatic heterocycles. The lowest BCUT2D eigenvalue weighted by Crippen LogP contribution is -2.29. The molecule has 0 saturated carbocycles. The number of aromatic nitrogens is 2. The minimum atomic E-state index is -0.0947. The highest BCUT2D eigenvalue weighted by Gasteiger charge is 2.24. The zero-order valence-corrected chi connectivity index (χ0v) is 15.8. The third kappa shape index (κ3) is 3.80. The van der Waals surface area contributed by atoms with Crippen LogP contribution in [0.1, 0.15) is 72.4 Å². The SMILES string of the molecule is CCC[C@H](NC(=O)c1n[nH]c2c1CCCCC2)c1ccc2c(c1)OCCO2. The fraction of sp³-hybridized carbons (Fsp3) is 0.524. The number of amides is 1. The van der Waals surface area contributed by atoms with Gasteiger partial charge in [-0.25, -0.2) is 0 Å². The fourth-order valence-corrected chi connectivity index (χ4v) is 3.96. The van der Waals surface area contributed by atoms with Gasteiger partial charge in [-0.05, 0) is 49.8 Å². The van der Waals surface area contributed by atoms with E-state index in [1.54, 1.807) is 0 Å². The zero-order chi connectivity index (χ0) is 18.6. The molecule has 2 N–H and O–H groups in total. The number of H-pyrrole nitrogens is 1. The van der Waals surface area contributed by atoms with Crippen LogP contribution in [0.25, 0.3) is 0 Å². The molecule has 0 fully saturated rings. The van der Waals surface area contributed by atoms with Crippen molar-refractivity contribution in [3.63, 3.8) is 0 Å². The standard InChI is InChI=1S/C21H27N3O3/c1-2-6-16(14-9-10-18-19(13-14)27-12-11-26-18)22-21(25)20-15-7-4-3-5-8-17(15)23-24-20/h9-10,13,16H,2-8,11-12H2,1H3,(H,22,25)(H,23,24)/t16-/m0/s1. The number of nitrogens with zero attached hydrogens (tertiary/aromatic N) is 1. The van der Waals surface area contributed by atoms with Gasteiger partial charge in [0, 0.05) is 11.3 Å². The smallest absolute Gasteiger partial charge is 0.272 e. The van der Waals surface area contributed by atoms with Crippen molar-refractivity contribution in [2.24, 2.45) is 0 Å². The lowest BCUT2D eigenvalue weighted by molar-refractivity contribution is 0.0928. The van der Waals surface area contributed by atoms with Crippen LogP contribution in [-0.4, -0.2) is 29.3 Å². The number of rotatable bonds is 5. The molecule has 2 aliphatic rings. The molecule has 0 radical (unpaired) electrons. The minimum Gasteiger partial charge on any atom is -0.486 e. The number of aryl methyl sites for hydroxylation is 1. The van der Waals surface area contributed by atoms with Crippen LogP contribution in [0.4, 0.5) is 0 Å². The monoisotopic (exact) mass is 369 g/mol. The highest BCUT2D eigenvalue weighted by Crippen LogP contribution is 2.34. The van der Waals surface area contributed by atoms with Crippen molar-refractivity contribution >= 4 is 5.91 Å². The molecule has 4 rings (SSSR count). The molecule has 6 nitrogen and oxygen atoms in total. The third-order valence-corrected chi connectivity index (χ3v) is 5.37. The summed E-state index contributed by atoms with van der Waals surface area (Å²) in [6.45, 7) is 3.25. The van der Waals surface area contributed by atoms with Gasteiger partial charge in [-0.3, -0.25) is 9.89 Å². The van der Waals surface area contributed by atoms with Gasteiger partial charge in [0.1, 0.15) is 13.2 Å². The number of carbonyl (C=O) groups is 1. The van der Waals surface area contributed by atoms with E-state index < -0.39 is 0 Å². The average Bonchev–Trinajstić information content (AvgIpc) is 2.96. The van der Waals surface area contributed by atoms with E-state index in [0.717, 1.165) is 66.8 Å². The van der Waals surface area contributed by atoms with Gasteiger partial charge in [-0.15, -0.1) is 0 Å². The summed E-state index contributed by atoms with van der Waals surface area (Å²) < 4.78 is 11.3. The van der Waals surface area contributed by atoms with Gasteiger partial charge in [-0.2, -0.15) is 5.10 Å². The molecule has 2 heterocycles. The Labute approximate surface area is 159 Å². The molecule has 1 amide bonds. The van der Waals surface area contributed by atoms with Gasteiger partial charge in [0.2, 0.25) is 0 Å². The van der Waals surface area contributed by atoms with Gasteiger partial charge < -0.3 is 14.8 Å². The molecule has 1 aliphatic heterocycles. The van der Waals surface area contributed by atoms with E-state index in [1.165, 1.54) is 6.42 Å². The Morgan fingerprint density at radius 3 is 2.85 bits per heavy atom. The topological polar surface area (TPSA) is 76.2 Å². The number of aromatic amines is 1. The molecule has 0 spiro atoms. The average molecular weight is 369 g/mol. The van der Waals surface area contributed by atoms with Crippen molar-refractivity contribution in [2.45, 2.75) is 57.9 Å². The van der Waals surface area contributed by atoms with Crippen molar-refractivity contribution in [1.82, 2.24) is 15.5 Å². The van der Waals surface area contributed by atoms with Gasteiger partial charge >= 0.3 is 0 Å². The molecular weight excluding hydrogens is 342 g/mol. The fourth-order valence-electron chi connectivity index (χ4n) is 3.96. The number of hydrogen-bond donors (Lipinski definition) is 2. The second-order valence-electron chi connectivity index (χ2n) is 7.31. The number of nitrogens with one attached hydrogen (secondary N) is 2. The summed E-state index contributed by atoms with van der Waals surface area (Å²) in [5.41, 5.74) is 3.83. The summed E-state index contributed by atoms with van der Waals surface area (Å²) in [4.78, 5) is 13.0. The van der Waals surface area contributed by atoms with E-state index >= 15 is 0 Å². The van der Waals surface area contributed by atoms with Crippen LogP contribution >= 0.6 is 0 Å². The summed E-state index contributed by atoms with van der Waals surface area (Å²) in [7, 11) is 0. The molecule has 2 aromatic rings. The Morgan fingerprint density at radius 2 is 2.00 bits per heavy atom. The number of benzene rings is 1. The van der Waals surface area contributed by atoms with Crippen LogP contribution in [0, 0.1) is 0 Å². The van der Waals surface area contributed by atoms with E-state index in [4.69, 9.17) is 9.47 Å². The Kier molecular flexibility index (Phi) is 5.32. The lowest BCUT2D eigenvalue weighted by Gasteiger charge is -2.23. The largest absolute Gasteiger partial charge is 0.486 e. The van der Waals surface area contributed by atoms with Crippen LogP contribution in [0.3, 0.4) is 0 Å². The molecule has 0 bridgehead atoms. The summed E-state index contributed by atoms with van der Waals surface area (Å²) >= 11 is 0. The molecule has 1 aliphatic carbocycles. The molecule has 6 heteroatoms. The lowest BCUT2D eigenvalue weighted by atomic mass is 10.0. The first kappa shape index (κ1) is 17.9. The normalized spacial score (nSPS) is 16.9. The minimum absolute atomic E-state index is 0.0727. The predicted molar refractivity (Wildman–Crippen MR) is 102 cm³/mol. The Morgan fingerprint density at radius 1 is 1.19 bits per heavy atom. The molecule has 0 saturated heterocycles. The number of ether oxygens (including phenoxy) is 2. The molecule has 27 heavy (non-hydrogen) atoms. The summed E-state index contributed by atoms with van der Waals surface area (Å²) in [5, 5.41) is 10.6. The first-order chi connectivity index (χ1) is 13.3. The quantitative estimate of drug-likeness (QED) is 0.788. The van der Waals surface area contributed by atoms with Crippen LogP contribution in [0.15, 0.2) is 18.2 Å². The van der Waals surface area contributed by atoms with E-state index in [2.05, 4.69) is 22.4 Å². The number of carbonyl (C=O) groups excluding carboxylic acids is 1. The van der Waals surface area contributed by atoms with Crippen molar-refractivity contribution in [3.8, 4) is 11.5 Å². The Bertz CT molecular complexity index is 815. The second-order valence-corrected chi connectivity index (χ2v) is 7.31. The van der Waals surface area contributed by atoms with Gasteiger partial charge in [-0.1, -0.05) is 25.8 Å². The Hall–Kier alpha value is -2.50. The number of fused-ring (bicyclic) bond motifs is 2. The third-order valence-electron chi connectivity index (χ3n) is 5.37. The summed E-state index contributed by atoms with van der Waals surface area (Å²) in [5.74, 6) is 1.43. The van der Waals surface area contributed by atoms with Gasteiger partial charge in [0.25, 0.3) is 5.91 Å². The van der Waals surface area contributed by atoms with Crippen molar-refractivity contribution in [3.05, 3.63) is 40.7 Å². The van der Waals surface area contributed by atoms with Crippen molar-refractivity contribution in [1.29, 1.82) is 0 Å². The molecular formula is C21H27N3O3. The van der Waals surface area contributed by atoms with Gasteiger partial charge in [0.05, 0.1) is 6.04 Å². The molecule has 0 unspecified atom stereocenters. The van der Waals surface area contributed by atoms with Crippen molar-refractivity contribution in [2.75, 3.05) is 13.2 Å². The highest BCUT2D eigenvalue weighted by molar-refractivity contribution is 5.94. The van der Waals surface area contributed by atoms with Crippen LogP contribution in [-0.2, 0) is 12.8 Å². The van der Waals surface area contributed by atoms with E-state index in [1.807, 2.05) is 18.2 Å². The van der Waals surface area contributed by atoms with E-state index in [9.17, 15) is 4.79 Å². The maximum Gasteiger partial charge on any atom is 0.272 e. The highest BCUT2D eigenvalue weighted by atomic mass is 16.6. The second kappa shape index (κ2) is 8.03. The van der Waals surface area contributed by atoms with E-state index in [0.29, 0.717) is 18.9 Å². The first-order valence-corrected chi connectivity index (χ1v) is 10.0. The maximum absolute atomic E-state index is 13.0. The molecule has 1 atom stereocenters. The molecule has 144 valence electrons. The molecule has 1 aromatic carbocycles. The maximum atomic E-state index is 13.0. The predicted octanol–water partition coefficient (Wildman–Crippen LogP) is 3.72. The number of hydrogen-bond acceptors (Lipinski definition) is 4. The van der Waals surface area contributed by atoms with Gasteiger partial charge in [0.15, 0.2) is 17.2 Å². The van der Waals surface area contributed by atoms with Crippen LogP contribution < -0.4 is 14.8 Å².